The molecule has 0 saturated heterocycles. The average Bonchev–Trinajstić information content (AvgIpc) is 3.11. The van der Waals surface area contributed by atoms with Gasteiger partial charge in [0.25, 0.3) is 0 Å². The maximum absolute atomic E-state index is 13.1. The highest BCUT2D eigenvalue weighted by Gasteiger charge is 2.43. The van der Waals surface area contributed by atoms with Crippen molar-refractivity contribution in [1.82, 2.24) is 15.4 Å². The Hall–Kier alpha value is -2.67. The van der Waals surface area contributed by atoms with Crippen molar-refractivity contribution in [2.45, 2.75) is 6.29 Å². The van der Waals surface area contributed by atoms with Crippen LogP contribution in [0.2, 0.25) is 5.02 Å². The van der Waals surface area contributed by atoms with Crippen LogP contribution in [-0.4, -0.2) is 21.7 Å². The summed E-state index contributed by atoms with van der Waals surface area (Å²) in [6.45, 7) is 0. The first-order chi connectivity index (χ1) is 11.0. The minimum atomic E-state index is -3.64. The Kier molecular flexibility index (Phi) is 2.99. The van der Waals surface area contributed by atoms with E-state index in [1.165, 1.54) is 12.1 Å². The summed E-state index contributed by atoms with van der Waals surface area (Å²) in [6, 6.07) is 9.86. The number of rotatable bonds is 2. The van der Waals surface area contributed by atoms with Crippen LogP contribution in [0.4, 0.5) is 8.78 Å². The highest BCUT2D eigenvalue weighted by atomic mass is 35.5. The van der Waals surface area contributed by atoms with Crippen LogP contribution in [0.25, 0.3) is 22.4 Å². The van der Waals surface area contributed by atoms with E-state index in [4.69, 9.17) is 11.6 Å². The summed E-state index contributed by atoms with van der Waals surface area (Å²) in [4.78, 5) is 0. The molecule has 0 unspecified atom stereocenters. The maximum atomic E-state index is 13.1. The Morgan fingerprint density at radius 2 is 1.74 bits per heavy atom. The third kappa shape index (κ3) is 2.59. The van der Waals surface area contributed by atoms with Crippen LogP contribution in [0.15, 0.2) is 42.6 Å². The summed E-state index contributed by atoms with van der Waals surface area (Å²) in [6.07, 6.45) is -2.07. The summed E-state index contributed by atoms with van der Waals surface area (Å²) in [5, 5.41) is 10.8. The number of ether oxygens (including phenoxy) is 2. The van der Waals surface area contributed by atoms with Crippen LogP contribution in [0.5, 0.6) is 11.5 Å². The summed E-state index contributed by atoms with van der Waals surface area (Å²) in [7, 11) is 0. The van der Waals surface area contributed by atoms with Crippen LogP contribution in [-0.2, 0) is 0 Å². The number of nitrogens with one attached hydrogen (secondary N) is 1. The van der Waals surface area contributed by atoms with E-state index in [1.54, 1.807) is 24.4 Å². The van der Waals surface area contributed by atoms with Gasteiger partial charge in [-0.2, -0.15) is 15.4 Å². The molecule has 23 heavy (non-hydrogen) atoms. The number of aromatic nitrogens is 3. The molecule has 2 aromatic carbocycles. The Bertz CT molecular complexity index is 884. The molecule has 4 rings (SSSR count). The number of alkyl halides is 2. The summed E-state index contributed by atoms with van der Waals surface area (Å²) in [5.41, 5.74) is 2.78. The maximum Gasteiger partial charge on any atom is 0.586 e. The summed E-state index contributed by atoms with van der Waals surface area (Å²) < 4.78 is 35.1. The standard InChI is InChI=1S/C15H8ClF2N3O2/c16-11-4-9(3-10(5-11)12-7-19-21-20-12)8-1-2-13-14(6-8)23-15(17,18)22-13/h1-7H,(H,19,20,21). The minimum Gasteiger partial charge on any atom is -0.395 e. The van der Waals surface area contributed by atoms with E-state index in [0.717, 1.165) is 11.1 Å². The van der Waals surface area contributed by atoms with E-state index in [2.05, 4.69) is 24.9 Å². The van der Waals surface area contributed by atoms with Crippen LogP contribution < -0.4 is 9.47 Å². The number of halogens is 3. The van der Waals surface area contributed by atoms with Gasteiger partial charge in [-0.3, -0.25) is 0 Å². The topological polar surface area (TPSA) is 60.0 Å². The second-order valence-electron chi connectivity index (χ2n) is 4.91. The zero-order chi connectivity index (χ0) is 16.0. The van der Waals surface area contributed by atoms with E-state index in [0.29, 0.717) is 16.3 Å². The predicted octanol–water partition coefficient (Wildman–Crippen LogP) is 4.11. The van der Waals surface area contributed by atoms with Gasteiger partial charge in [0.1, 0.15) is 5.69 Å². The minimum absolute atomic E-state index is 0.00231. The highest BCUT2D eigenvalue weighted by molar-refractivity contribution is 6.31. The lowest BCUT2D eigenvalue weighted by molar-refractivity contribution is -0.286. The summed E-state index contributed by atoms with van der Waals surface area (Å²) >= 11 is 6.15. The van der Waals surface area contributed by atoms with Crippen molar-refractivity contribution in [2.75, 3.05) is 0 Å². The number of aromatic amines is 1. The molecule has 0 spiro atoms. The van der Waals surface area contributed by atoms with Crippen LogP contribution in [0, 0.1) is 0 Å². The third-order valence-corrected chi connectivity index (χ3v) is 3.56. The lowest BCUT2D eigenvalue weighted by Gasteiger charge is -2.06. The molecule has 0 fully saturated rings. The second-order valence-corrected chi connectivity index (χ2v) is 5.35. The highest BCUT2D eigenvalue weighted by Crippen LogP contribution is 2.43. The first kappa shape index (κ1) is 14.0. The molecule has 5 nitrogen and oxygen atoms in total. The van der Waals surface area contributed by atoms with Gasteiger partial charge in [0.05, 0.1) is 6.20 Å². The fraction of sp³-hybridized carbons (Fsp3) is 0.0667. The van der Waals surface area contributed by atoms with Gasteiger partial charge >= 0.3 is 6.29 Å². The van der Waals surface area contributed by atoms with Crippen molar-refractivity contribution < 1.29 is 18.3 Å². The lowest BCUT2D eigenvalue weighted by Crippen LogP contribution is -2.25. The fourth-order valence-corrected chi connectivity index (χ4v) is 2.61. The number of H-pyrrole nitrogens is 1. The number of hydrogen-bond acceptors (Lipinski definition) is 4. The molecule has 0 bridgehead atoms. The Balaban J connectivity index is 1.77. The van der Waals surface area contributed by atoms with Crippen LogP contribution in [0.3, 0.4) is 0 Å². The zero-order valence-electron chi connectivity index (χ0n) is 11.4. The average molecular weight is 336 g/mol. The third-order valence-electron chi connectivity index (χ3n) is 3.34. The molecule has 1 N–H and O–H groups in total. The molecule has 3 aromatic rings. The number of fused-ring (bicyclic) bond motifs is 1. The largest absolute Gasteiger partial charge is 0.586 e. The first-order valence-corrected chi connectivity index (χ1v) is 6.95. The normalized spacial score (nSPS) is 14.9. The molecule has 0 aliphatic carbocycles. The van der Waals surface area contributed by atoms with Gasteiger partial charge in [0, 0.05) is 10.6 Å². The molecule has 1 aromatic heterocycles. The SMILES string of the molecule is FC1(F)Oc2ccc(-c3cc(Cl)cc(-c4cn[nH]n4)c3)cc2O1. The molecule has 8 heteroatoms. The molecule has 0 radical (unpaired) electrons. The molecular weight excluding hydrogens is 328 g/mol. The quantitative estimate of drug-likeness (QED) is 0.765. The Labute approximate surface area is 133 Å². The van der Waals surface area contributed by atoms with Gasteiger partial charge in [-0.15, -0.1) is 8.78 Å². The molecule has 116 valence electrons. The van der Waals surface area contributed by atoms with Crippen LogP contribution in [0.1, 0.15) is 0 Å². The smallest absolute Gasteiger partial charge is 0.395 e. The molecular formula is C15H8ClF2N3O2. The summed E-state index contributed by atoms with van der Waals surface area (Å²) in [5.74, 6) is -0.0204. The molecule has 1 aliphatic heterocycles. The van der Waals surface area contributed by atoms with Gasteiger partial charge in [0.15, 0.2) is 11.5 Å². The molecule has 0 atom stereocenters. The molecule has 1 aliphatic rings. The van der Waals surface area contributed by atoms with E-state index >= 15 is 0 Å². The van der Waals surface area contributed by atoms with Crippen molar-refractivity contribution in [3.63, 3.8) is 0 Å². The van der Waals surface area contributed by atoms with Gasteiger partial charge in [0.2, 0.25) is 0 Å². The second kappa shape index (κ2) is 4.92. The first-order valence-electron chi connectivity index (χ1n) is 6.57. The predicted molar refractivity (Wildman–Crippen MR) is 78.5 cm³/mol. The van der Waals surface area contributed by atoms with Gasteiger partial charge < -0.3 is 9.47 Å². The van der Waals surface area contributed by atoms with E-state index in [1.807, 2.05) is 6.07 Å². The Morgan fingerprint density at radius 3 is 2.52 bits per heavy atom. The van der Waals surface area contributed by atoms with Crippen molar-refractivity contribution in [2.24, 2.45) is 0 Å². The van der Waals surface area contributed by atoms with E-state index in [-0.39, 0.29) is 11.5 Å². The van der Waals surface area contributed by atoms with Crippen molar-refractivity contribution in [3.8, 4) is 33.9 Å². The monoisotopic (exact) mass is 335 g/mol. The van der Waals surface area contributed by atoms with E-state index in [9.17, 15) is 8.78 Å². The number of benzene rings is 2. The van der Waals surface area contributed by atoms with E-state index < -0.39 is 6.29 Å². The fourth-order valence-electron chi connectivity index (χ4n) is 2.37. The number of hydrogen-bond donors (Lipinski definition) is 1. The molecule has 0 amide bonds. The molecule has 2 heterocycles. The van der Waals surface area contributed by atoms with Crippen molar-refractivity contribution in [3.05, 3.63) is 47.6 Å². The van der Waals surface area contributed by atoms with Crippen LogP contribution >= 0.6 is 11.6 Å². The van der Waals surface area contributed by atoms with Gasteiger partial charge in [-0.05, 0) is 41.5 Å². The zero-order valence-corrected chi connectivity index (χ0v) is 12.1. The molecule has 0 saturated carbocycles. The Morgan fingerprint density at radius 1 is 0.957 bits per heavy atom. The van der Waals surface area contributed by atoms with Gasteiger partial charge in [-0.1, -0.05) is 17.7 Å². The number of nitrogens with zero attached hydrogens (tertiary/aromatic N) is 2. The van der Waals surface area contributed by atoms with Crippen molar-refractivity contribution >= 4 is 11.6 Å². The van der Waals surface area contributed by atoms with Gasteiger partial charge in [-0.25, -0.2) is 0 Å². The van der Waals surface area contributed by atoms with Crippen molar-refractivity contribution in [1.29, 1.82) is 0 Å². The lowest BCUT2D eigenvalue weighted by atomic mass is 10.0.